The van der Waals surface area contributed by atoms with Gasteiger partial charge in [0.05, 0.1) is 16.8 Å². The number of aromatic hydroxyl groups is 2. The molecule has 65 heavy (non-hydrogen) atoms. The molecule has 264 valence electrons. The standard InChI is InChI=1S/C45H14B16N2O2/c46-26-21(27(47)40(60)44(65)39(26)59)14-8-2-1-7-13(14)19-22-23(29(49)32(52)31(51)28(22)48)20(25-24(19)30(50)33(53)41(61)43(25)64)15-9-3-4-10-16(15)45-62-17-11-5-6-12-18(17)63(45)42-37(57)35(55)34(54)36(56)38(42)58/h1-12,64-65H. The van der Waals surface area contributed by atoms with Crippen molar-refractivity contribution in [1.82, 2.24) is 9.55 Å². The zero-order valence-electron chi connectivity index (χ0n) is 34.5. The van der Waals surface area contributed by atoms with Gasteiger partial charge >= 0.3 is 0 Å². The number of phenols is 2. The molecule has 0 aliphatic rings. The summed E-state index contributed by atoms with van der Waals surface area (Å²) >= 11 is 0. The molecule has 0 bridgehead atoms. The molecule has 0 aliphatic carbocycles. The predicted octanol–water partition coefficient (Wildman–Crippen LogP) is -7.89. The smallest absolute Gasteiger partial charge is 0.146 e. The van der Waals surface area contributed by atoms with E-state index < -0.39 is 11.5 Å². The van der Waals surface area contributed by atoms with Crippen LogP contribution in [0.2, 0.25) is 0 Å². The molecule has 1 heterocycles. The van der Waals surface area contributed by atoms with Gasteiger partial charge in [-0.3, -0.25) is 4.57 Å². The van der Waals surface area contributed by atoms with E-state index in [0.717, 1.165) is 0 Å². The molecule has 20 heteroatoms. The van der Waals surface area contributed by atoms with Gasteiger partial charge in [-0.1, -0.05) is 115 Å². The monoisotopic (exact) mass is 790 g/mol. The molecule has 0 aliphatic heterocycles. The van der Waals surface area contributed by atoms with Crippen molar-refractivity contribution >= 4 is 246 Å². The molecule has 8 aromatic carbocycles. The van der Waals surface area contributed by atoms with Crippen LogP contribution in [0.3, 0.4) is 0 Å². The van der Waals surface area contributed by atoms with Crippen LogP contribution in [0.25, 0.3) is 83.0 Å². The highest BCUT2D eigenvalue weighted by molar-refractivity contribution is 6.71. The van der Waals surface area contributed by atoms with E-state index in [9.17, 15) is 10.2 Å². The highest BCUT2D eigenvalue weighted by Gasteiger charge is 2.30. The van der Waals surface area contributed by atoms with Crippen LogP contribution >= 0.6 is 0 Å². The molecule has 9 aromatic rings. The third-order valence-corrected chi connectivity index (χ3v) is 12.2. The summed E-state index contributed by atoms with van der Waals surface area (Å²) in [6.07, 6.45) is 0. The van der Waals surface area contributed by atoms with E-state index in [1.807, 2.05) is 18.2 Å². The number of fused-ring (bicyclic) bond motifs is 3. The molecule has 0 spiro atoms. The topological polar surface area (TPSA) is 58.3 Å². The maximum absolute atomic E-state index is 12.5. The minimum atomic E-state index is -0.486. The van der Waals surface area contributed by atoms with Crippen LogP contribution in [0.4, 0.5) is 0 Å². The number of phenolic OH excluding ortho intramolecular Hbond substituents is 2. The van der Waals surface area contributed by atoms with Crippen LogP contribution < -0.4 is 87.4 Å². The number of aromatic nitrogens is 2. The normalized spacial score (nSPS) is 11.6. The third kappa shape index (κ3) is 6.32. The highest BCUT2D eigenvalue weighted by atomic mass is 16.3. The van der Waals surface area contributed by atoms with E-state index in [1.54, 1.807) is 59.2 Å². The van der Waals surface area contributed by atoms with Gasteiger partial charge in [0.15, 0.2) is 0 Å². The fourth-order valence-electron chi connectivity index (χ4n) is 8.86. The Balaban J connectivity index is 1.53. The molecule has 0 unspecified atom stereocenters. The Morgan fingerprint density at radius 1 is 0.323 bits per heavy atom. The Hall–Kier alpha value is -5.61. The zero-order chi connectivity index (χ0) is 46.8. The number of hydrogen-bond acceptors (Lipinski definition) is 3. The first kappa shape index (κ1) is 44.6. The first-order valence-corrected chi connectivity index (χ1v) is 19.7. The second kappa shape index (κ2) is 16.1. The molecule has 0 amide bonds. The second-order valence-electron chi connectivity index (χ2n) is 15.6. The fraction of sp³-hybridized carbons (Fsp3) is 0. The van der Waals surface area contributed by atoms with E-state index >= 15 is 0 Å². The SMILES string of the molecule is [B]c1c([B])c([B])c(-n2c(-c3ccccc3-c3c4c([B])c([B])c([B])c([B])c4c(-c4ccccc4-c4c([B])c([B])c(O)c([B])c4[B])c4c([B])c([B])c([B])c(O)c34)nc3ccccc32)c([B])c1[B]. The van der Waals surface area contributed by atoms with Crippen molar-refractivity contribution in [3.63, 3.8) is 0 Å². The molecule has 2 N–H and O–H groups in total. The van der Waals surface area contributed by atoms with Crippen LogP contribution in [0.15, 0.2) is 72.8 Å². The van der Waals surface area contributed by atoms with Gasteiger partial charge in [0, 0.05) is 22.2 Å². The lowest BCUT2D eigenvalue weighted by Gasteiger charge is -2.29. The second-order valence-corrected chi connectivity index (χ2v) is 15.6. The summed E-state index contributed by atoms with van der Waals surface area (Å²) in [4.78, 5) is 5.10. The zero-order valence-corrected chi connectivity index (χ0v) is 34.5. The van der Waals surface area contributed by atoms with Gasteiger partial charge in [-0.2, -0.15) is 0 Å². The summed E-state index contributed by atoms with van der Waals surface area (Å²) in [5, 5.41) is 23.9. The van der Waals surface area contributed by atoms with Gasteiger partial charge in [0.25, 0.3) is 0 Å². The molecular formula is C45H14B16N2O2. The summed E-state index contributed by atoms with van der Waals surface area (Å²) in [7, 11) is 106. The Bertz CT molecular complexity index is 3470. The quantitative estimate of drug-likeness (QED) is 0.135. The van der Waals surface area contributed by atoms with Gasteiger partial charge in [0.1, 0.15) is 137 Å². The largest absolute Gasteiger partial charge is 0.509 e. The predicted molar refractivity (Wildman–Crippen MR) is 287 cm³/mol. The number of rotatable bonds is 5. The van der Waals surface area contributed by atoms with E-state index in [4.69, 9.17) is 131 Å². The van der Waals surface area contributed by atoms with Crippen molar-refractivity contribution < 1.29 is 10.2 Å². The molecular weight excluding hydrogens is 773 g/mol. The van der Waals surface area contributed by atoms with Gasteiger partial charge in [-0.15, -0.1) is 32.8 Å². The Morgan fingerprint density at radius 2 is 0.677 bits per heavy atom. The third-order valence-electron chi connectivity index (χ3n) is 12.2. The first-order chi connectivity index (χ1) is 30.8. The Kier molecular flexibility index (Phi) is 11.0. The number of nitrogens with zero attached hydrogens (tertiary/aromatic N) is 2. The van der Waals surface area contributed by atoms with E-state index in [0.29, 0.717) is 39.1 Å². The lowest BCUT2D eigenvalue weighted by molar-refractivity contribution is 0.484. The Labute approximate surface area is 397 Å². The van der Waals surface area contributed by atoms with Crippen molar-refractivity contribution in [1.29, 1.82) is 0 Å². The van der Waals surface area contributed by atoms with Gasteiger partial charge in [-0.25, -0.2) is 4.98 Å². The average Bonchev–Trinajstić information content (AvgIpc) is 3.69. The summed E-state index contributed by atoms with van der Waals surface area (Å²) in [5.74, 6) is -0.664. The minimum absolute atomic E-state index is 0.0160. The maximum Gasteiger partial charge on any atom is 0.146 e. The molecule has 0 saturated carbocycles. The molecule has 9 rings (SSSR count). The fourth-order valence-corrected chi connectivity index (χ4v) is 8.86. The summed E-state index contributed by atoms with van der Waals surface area (Å²) < 4.78 is 1.72. The molecule has 1 aromatic heterocycles. The molecule has 0 saturated heterocycles. The van der Waals surface area contributed by atoms with Crippen LogP contribution in [0, 0.1) is 0 Å². The Morgan fingerprint density at radius 3 is 1.20 bits per heavy atom. The van der Waals surface area contributed by atoms with E-state index in [2.05, 4.69) is 0 Å². The molecule has 0 atom stereocenters. The summed E-state index contributed by atoms with van der Waals surface area (Å²) in [6.45, 7) is 0. The number of para-hydroxylation sites is 2. The van der Waals surface area contributed by atoms with Crippen molar-refractivity contribution in [3.8, 4) is 62.0 Å². The van der Waals surface area contributed by atoms with Gasteiger partial charge in [-0.05, 0) is 56.1 Å². The van der Waals surface area contributed by atoms with Crippen LogP contribution in [0.5, 0.6) is 11.5 Å². The number of hydrogen-bond donors (Lipinski definition) is 2. The number of benzene rings is 8. The molecule has 0 fully saturated rings. The maximum atomic E-state index is 12.5. The van der Waals surface area contributed by atoms with Crippen molar-refractivity contribution in [2.75, 3.05) is 0 Å². The highest BCUT2D eigenvalue weighted by Crippen LogP contribution is 2.48. The summed E-state index contributed by atoms with van der Waals surface area (Å²) in [5.41, 5.74) is 2.50. The average molecular weight is 788 g/mol. The summed E-state index contributed by atoms with van der Waals surface area (Å²) in [6, 6.07) is 21.2. The van der Waals surface area contributed by atoms with Crippen LogP contribution in [-0.4, -0.2) is 145 Å². The molecule has 32 radical (unpaired) electrons. The molecule has 4 nitrogen and oxygen atoms in total. The van der Waals surface area contributed by atoms with Crippen LogP contribution in [0.1, 0.15) is 0 Å². The first-order valence-electron chi connectivity index (χ1n) is 19.7. The van der Waals surface area contributed by atoms with Crippen molar-refractivity contribution in [3.05, 3.63) is 72.8 Å². The van der Waals surface area contributed by atoms with Crippen molar-refractivity contribution in [2.45, 2.75) is 0 Å². The van der Waals surface area contributed by atoms with E-state index in [1.165, 1.54) is 0 Å². The van der Waals surface area contributed by atoms with Crippen LogP contribution in [-0.2, 0) is 0 Å². The van der Waals surface area contributed by atoms with Crippen molar-refractivity contribution in [2.24, 2.45) is 0 Å². The van der Waals surface area contributed by atoms with Gasteiger partial charge < -0.3 is 10.2 Å². The van der Waals surface area contributed by atoms with Gasteiger partial charge in [0.2, 0.25) is 0 Å². The van der Waals surface area contributed by atoms with E-state index in [-0.39, 0.29) is 131 Å². The minimum Gasteiger partial charge on any atom is -0.509 e. The lowest BCUT2D eigenvalue weighted by atomic mass is 9.60. The lowest BCUT2D eigenvalue weighted by Crippen LogP contribution is -2.56. The number of imidazole rings is 1.